The third-order valence-corrected chi connectivity index (χ3v) is 2.56. The van der Waals surface area contributed by atoms with Crippen molar-refractivity contribution in [1.82, 2.24) is 14.6 Å². The fraction of sp³-hybridized carbons (Fsp3) is 0.300. The first kappa shape index (κ1) is 10.9. The molecule has 0 saturated heterocycles. The second-order valence-electron chi connectivity index (χ2n) is 3.74. The number of halogens is 1. The number of hydrogen-bond donors (Lipinski definition) is 1. The molecule has 0 amide bonds. The normalized spacial score (nSPS) is 11.2. The monoisotopic (exact) mass is 239 g/mol. The summed E-state index contributed by atoms with van der Waals surface area (Å²) in [4.78, 5) is 15.1. The van der Waals surface area contributed by atoms with Crippen LogP contribution in [0.3, 0.4) is 0 Å². The van der Waals surface area contributed by atoms with Crippen LogP contribution in [0.1, 0.15) is 35.8 Å². The van der Waals surface area contributed by atoms with Gasteiger partial charge in [0.25, 0.3) is 0 Å². The summed E-state index contributed by atoms with van der Waals surface area (Å²) in [6.07, 6.45) is 2.78. The molecule has 5 nitrogen and oxygen atoms in total. The van der Waals surface area contributed by atoms with E-state index in [-0.39, 0.29) is 11.5 Å². The van der Waals surface area contributed by atoms with Gasteiger partial charge in [0.1, 0.15) is 5.02 Å². The van der Waals surface area contributed by atoms with Crippen molar-refractivity contribution < 1.29 is 9.90 Å². The van der Waals surface area contributed by atoms with Gasteiger partial charge in [-0.1, -0.05) is 25.4 Å². The van der Waals surface area contributed by atoms with Crippen molar-refractivity contribution in [2.24, 2.45) is 0 Å². The molecule has 0 bridgehead atoms. The maximum atomic E-state index is 11.1. The quantitative estimate of drug-likeness (QED) is 0.873. The van der Waals surface area contributed by atoms with Crippen LogP contribution in [0.5, 0.6) is 0 Å². The molecule has 2 aromatic heterocycles. The van der Waals surface area contributed by atoms with Crippen LogP contribution in [-0.2, 0) is 0 Å². The number of carboxylic acid groups (broad SMARTS) is 1. The van der Waals surface area contributed by atoms with Gasteiger partial charge in [0.05, 0.1) is 17.5 Å². The molecule has 2 heterocycles. The first-order valence-corrected chi connectivity index (χ1v) is 5.15. The molecule has 0 unspecified atom stereocenters. The van der Waals surface area contributed by atoms with Gasteiger partial charge in [0, 0.05) is 6.20 Å². The molecule has 84 valence electrons. The van der Waals surface area contributed by atoms with Gasteiger partial charge in [0.2, 0.25) is 0 Å². The molecule has 16 heavy (non-hydrogen) atoms. The van der Waals surface area contributed by atoms with Crippen LogP contribution in [0.15, 0.2) is 12.4 Å². The number of rotatable bonds is 2. The number of aromatic carboxylic acids is 1. The molecule has 6 heteroatoms. The largest absolute Gasteiger partial charge is 0.478 e. The lowest BCUT2D eigenvalue weighted by atomic mass is 10.1. The van der Waals surface area contributed by atoms with Crippen LogP contribution in [0.25, 0.3) is 5.65 Å². The van der Waals surface area contributed by atoms with Gasteiger partial charge in [0.15, 0.2) is 5.65 Å². The van der Waals surface area contributed by atoms with E-state index in [0.717, 1.165) is 0 Å². The highest BCUT2D eigenvalue weighted by molar-refractivity contribution is 6.33. The third-order valence-electron chi connectivity index (χ3n) is 2.30. The smallest absolute Gasteiger partial charge is 0.339 e. The minimum absolute atomic E-state index is 0.0209. The maximum Gasteiger partial charge on any atom is 0.339 e. The Labute approximate surface area is 96.7 Å². The number of aromatic nitrogens is 3. The number of nitrogens with zero attached hydrogens (tertiary/aromatic N) is 3. The Balaban J connectivity index is 2.84. The highest BCUT2D eigenvalue weighted by Crippen LogP contribution is 2.23. The number of carboxylic acids is 1. The number of carbonyl (C=O) groups is 1. The first-order valence-electron chi connectivity index (χ1n) is 4.77. The molecule has 0 aliphatic heterocycles. The van der Waals surface area contributed by atoms with Crippen molar-refractivity contribution in [2.75, 3.05) is 0 Å². The summed E-state index contributed by atoms with van der Waals surface area (Å²) >= 11 is 5.89. The summed E-state index contributed by atoms with van der Waals surface area (Å²) in [5, 5.41) is 13.5. The zero-order valence-electron chi connectivity index (χ0n) is 8.81. The average molecular weight is 240 g/mol. The van der Waals surface area contributed by atoms with Crippen LogP contribution in [-0.4, -0.2) is 25.7 Å². The number of hydrogen-bond acceptors (Lipinski definition) is 3. The van der Waals surface area contributed by atoms with Crippen molar-refractivity contribution >= 4 is 23.2 Å². The minimum atomic E-state index is -1.01. The van der Waals surface area contributed by atoms with Gasteiger partial charge in [-0.25, -0.2) is 14.3 Å². The van der Waals surface area contributed by atoms with E-state index < -0.39 is 5.97 Å². The highest BCUT2D eigenvalue weighted by atomic mass is 35.5. The topological polar surface area (TPSA) is 67.5 Å². The summed E-state index contributed by atoms with van der Waals surface area (Å²) in [6.45, 7) is 3.80. The Morgan fingerprint density at radius 3 is 2.75 bits per heavy atom. The first-order chi connectivity index (χ1) is 7.52. The van der Waals surface area contributed by atoms with Gasteiger partial charge >= 0.3 is 5.97 Å². The van der Waals surface area contributed by atoms with E-state index >= 15 is 0 Å². The van der Waals surface area contributed by atoms with Gasteiger partial charge in [-0.15, -0.1) is 0 Å². The lowest BCUT2D eigenvalue weighted by Crippen LogP contribution is -2.11. The van der Waals surface area contributed by atoms with E-state index in [9.17, 15) is 4.79 Å². The molecule has 0 aliphatic rings. The fourth-order valence-electron chi connectivity index (χ4n) is 1.64. The summed E-state index contributed by atoms with van der Waals surface area (Å²) in [5.74, 6) is -0.989. The Bertz CT molecular complexity index is 562. The van der Waals surface area contributed by atoms with E-state index in [2.05, 4.69) is 10.1 Å². The van der Waals surface area contributed by atoms with Crippen LogP contribution in [0.4, 0.5) is 0 Å². The Morgan fingerprint density at radius 1 is 1.50 bits per heavy atom. The van der Waals surface area contributed by atoms with E-state index in [0.29, 0.717) is 16.4 Å². The van der Waals surface area contributed by atoms with Gasteiger partial charge in [-0.2, -0.15) is 5.10 Å². The van der Waals surface area contributed by atoms with E-state index in [1.54, 1.807) is 0 Å². The predicted molar refractivity (Wildman–Crippen MR) is 59.0 cm³/mol. The maximum absolute atomic E-state index is 11.1. The molecule has 0 fully saturated rings. The summed E-state index contributed by atoms with van der Waals surface area (Å²) in [5.41, 5.74) is 1.24. The van der Waals surface area contributed by atoms with Crippen molar-refractivity contribution in [3.05, 3.63) is 28.7 Å². The molecule has 0 atom stereocenters. The fourth-order valence-corrected chi connectivity index (χ4v) is 1.81. The SMILES string of the molecule is CC(C)c1c(C(=O)O)cnc2c(Cl)cnn12. The number of fused-ring (bicyclic) bond motifs is 1. The standard InChI is InChI=1S/C10H10ClN3O2/c1-5(2)8-6(10(15)16)3-12-9-7(11)4-13-14(8)9/h3-5H,1-2H3,(H,15,16). The van der Waals surface area contributed by atoms with E-state index in [1.807, 2.05) is 13.8 Å². The van der Waals surface area contributed by atoms with Crippen LogP contribution >= 0.6 is 11.6 Å². The van der Waals surface area contributed by atoms with E-state index in [4.69, 9.17) is 16.7 Å². The third kappa shape index (κ3) is 1.53. The highest BCUT2D eigenvalue weighted by Gasteiger charge is 2.19. The van der Waals surface area contributed by atoms with E-state index in [1.165, 1.54) is 16.9 Å². The summed E-state index contributed by atoms with van der Waals surface area (Å²) in [6, 6.07) is 0. The zero-order chi connectivity index (χ0) is 11.9. The molecule has 1 N–H and O–H groups in total. The van der Waals surface area contributed by atoms with Crippen LogP contribution in [0, 0.1) is 0 Å². The molecule has 2 aromatic rings. The van der Waals surface area contributed by atoms with Gasteiger partial charge in [-0.05, 0) is 5.92 Å². The van der Waals surface area contributed by atoms with Crippen molar-refractivity contribution in [2.45, 2.75) is 19.8 Å². The molecular formula is C10H10ClN3O2. The lowest BCUT2D eigenvalue weighted by molar-refractivity contribution is 0.0694. The average Bonchev–Trinajstić information content (AvgIpc) is 2.58. The molecule has 0 aliphatic carbocycles. The second kappa shape index (κ2) is 3.75. The predicted octanol–water partition coefficient (Wildman–Crippen LogP) is 2.20. The van der Waals surface area contributed by atoms with Crippen LogP contribution in [0.2, 0.25) is 5.02 Å². The lowest BCUT2D eigenvalue weighted by Gasteiger charge is -2.11. The Hall–Kier alpha value is -1.62. The zero-order valence-corrected chi connectivity index (χ0v) is 9.56. The molecular weight excluding hydrogens is 230 g/mol. The van der Waals surface area contributed by atoms with Crippen molar-refractivity contribution in [1.29, 1.82) is 0 Å². The molecule has 0 saturated carbocycles. The molecule has 0 spiro atoms. The minimum Gasteiger partial charge on any atom is -0.478 e. The molecule has 2 rings (SSSR count). The van der Waals surface area contributed by atoms with Gasteiger partial charge < -0.3 is 5.11 Å². The van der Waals surface area contributed by atoms with Crippen LogP contribution < -0.4 is 0 Å². The molecule has 0 aromatic carbocycles. The Morgan fingerprint density at radius 2 is 2.19 bits per heavy atom. The summed E-state index contributed by atoms with van der Waals surface area (Å²) in [7, 11) is 0. The second-order valence-corrected chi connectivity index (χ2v) is 4.15. The van der Waals surface area contributed by atoms with Crippen molar-refractivity contribution in [3.8, 4) is 0 Å². The summed E-state index contributed by atoms with van der Waals surface area (Å²) < 4.78 is 1.48. The van der Waals surface area contributed by atoms with Crippen molar-refractivity contribution in [3.63, 3.8) is 0 Å². The van der Waals surface area contributed by atoms with Gasteiger partial charge in [-0.3, -0.25) is 0 Å². The molecule has 0 radical (unpaired) electrons. The Kier molecular flexibility index (Phi) is 2.55.